The van der Waals surface area contributed by atoms with Crippen molar-refractivity contribution in [3.63, 3.8) is 0 Å². The summed E-state index contributed by atoms with van der Waals surface area (Å²) >= 11 is 0. The monoisotopic (exact) mass is 681 g/mol. The molecule has 3 atom stereocenters. The van der Waals surface area contributed by atoms with Crippen molar-refractivity contribution in [1.82, 2.24) is 30.7 Å². The lowest BCUT2D eigenvalue weighted by Crippen LogP contribution is -2.61. The van der Waals surface area contributed by atoms with Crippen LogP contribution in [0.15, 0.2) is 23.3 Å². The smallest absolute Gasteiger partial charge is 0.323 e. The van der Waals surface area contributed by atoms with Crippen LogP contribution >= 0.6 is 0 Å². The fourth-order valence-electron chi connectivity index (χ4n) is 4.65. The van der Waals surface area contributed by atoms with Crippen molar-refractivity contribution >= 4 is 35.5 Å². The third-order valence-electron chi connectivity index (χ3n) is 7.54. The van der Waals surface area contributed by atoms with Crippen molar-refractivity contribution in [3.8, 4) is 0 Å². The van der Waals surface area contributed by atoms with Gasteiger partial charge in [0.15, 0.2) is 0 Å². The number of amides is 5. The van der Waals surface area contributed by atoms with E-state index in [2.05, 4.69) is 10.6 Å². The Hall–Kier alpha value is -3.90. The first-order chi connectivity index (χ1) is 22.6. The van der Waals surface area contributed by atoms with E-state index >= 15 is 0 Å². The highest BCUT2D eigenvalue weighted by Crippen LogP contribution is 2.12. The Morgan fingerprint density at radius 2 is 1.25 bits per heavy atom. The Morgan fingerprint density at radius 3 is 1.71 bits per heavy atom. The summed E-state index contributed by atoms with van der Waals surface area (Å²) in [5.74, 6) is -3.62. The lowest BCUT2D eigenvalue weighted by atomic mass is 10.0. The third kappa shape index (κ3) is 15.8. The van der Waals surface area contributed by atoms with Gasteiger partial charge in [0.1, 0.15) is 18.1 Å². The standard InChI is InChI=1S/C31H49N6O11/c1-21(12-17-38)19-27(40)37(47)16-8-11-26(34(4)5)31(44)48-18-13-22(2)20-28(41)36(46)15-7-10-25-30(43)32-24(29(42)33-25)9-6-14-35(45)23(3)39/h19-20,24-26,38H,6-18H2,1-5H3,(H,32,43)(H,33,42)/q-3/b21-19+,22-20-. The van der Waals surface area contributed by atoms with Gasteiger partial charge in [-0.2, -0.15) is 0 Å². The number of hydrogen-bond acceptors (Lipinski definition) is 12. The van der Waals surface area contributed by atoms with E-state index in [1.54, 1.807) is 32.8 Å². The summed E-state index contributed by atoms with van der Waals surface area (Å²) in [6.45, 7) is 3.76. The molecule has 0 saturated carbocycles. The van der Waals surface area contributed by atoms with E-state index in [0.717, 1.165) is 13.0 Å². The molecule has 3 N–H and O–H groups in total. The molecule has 0 spiro atoms. The zero-order valence-corrected chi connectivity index (χ0v) is 28.4. The van der Waals surface area contributed by atoms with Crippen molar-refractivity contribution in [1.29, 1.82) is 0 Å². The molecule has 1 aliphatic heterocycles. The van der Waals surface area contributed by atoms with Crippen molar-refractivity contribution in [2.75, 3.05) is 46.9 Å². The molecule has 1 rings (SSSR count). The van der Waals surface area contributed by atoms with E-state index in [-0.39, 0.29) is 94.3 Å². The quantitative estimate of drug-likeness (QED) is 0.0850. The Bertz CT molecular complexity index is 1180. The number of ether oxygens (including phenoxy) is 1. The summed E-state index contributed by atoms with van der Waals surface area (Å²) in [6, 6.07) is -2.39. The van der Waals surface area contributed by atoms with E-state index < -0.39 is 53.6 Å². The average Bonchev–Trinajstić information content (AvgIpc) is 3.00. The molecule has 3 unspecified atom stereocenters. The summed E-state index contributed by atoms with van der Waals surface area (Å²) in [4.78, 5) is 74.3. The molecular weight excluding hydrogens is 632 g/mol. The number of carbonyl (C=O) groups excluding carboxylic acids is 6. The Kier molecular flexibility index (Phi) is 19.2. The lowest BCUT2D eigenvalue weighted by Gasteiger charge is -2.32. The second-order valence-electron chi connectivity index (χ2n) is 11.9. The molecule has 48 heavy (non-hydrogen) atoms. The fraction of sp³-hybridized carbons (Fsp3) is 0.677. The van der Waals surface area contributed by atoms with Crippen LogP contribution in [0.3, 0.4) is 0 Å². The van der Waals surface area contributed by atoms with Crippen LogP contribution in [0.1, 0.15) is 72.1 Å². The molecule has 1 aliphatic rings. The van der Waals surface area contributed by atoms with Gasteiger partial charge in [-0.25, -0.2) is 0 Å². The Balaban J connectivity index is 2.42. The minimum absolute atomic E-state index is 0.0535. The highest BCUT2D eigenvalue weighted by molar-refractivity contribution is 5.96. The Labute approximate surface area is 281 Å². The number of aliphatic hydroxyl groups excluding tert-OH is 1. The normalized spacial score (nSPS) is 17.4. The average molecular weight is 682 g/mol. The van der Waals surface area contributed by atoms with Gasteiger partial charge in [0, 0.05) is 51.7 Å². The van der Waals surface area contributed by atoms with Crippen LogP contribution in [-0.2, 0) is 33.5 Å². The molecular formula is C31H49N6O11-3. The lowest BCUT2D eigenvalue weighted by molar-refractivity contribution is -0.149. The highest BCUT2D eigenvalue weighted by Gasteiger charge is 2.32. The summed E-state index contributed by atoms with van der Waals surface area (Å²) < 4.78 is 5.34. The van der Waals surface area contributed by atoms with Crippen LogP contribution in [-0.4, -0.2) is 126 Å². The predicted octanol–water partition coefficient (Wildman–Crippen LogP) is 0.448. The van der Waals surface area contributed by atoms with Crippen molar-refractivity contribution in [2.45, 2.75) is 90.3 Å². The van der Waals surface area contributed by atoms with Crippen molar-refractivity contribution < 1.29 is 38.6 Å². The van der Waals surface area contributed by atoms with E-state index in [4.69, 9.17) is 9.84 Å². The molecule has 1 heterocycles. The van der Waals surface area contributed by atoms with E-state index in [9.17, 15) is 44.4 Å². The molecule has 1 saturated heterocycles. The first-order valence-electron chi connectivity index (χ1n) is 15.9. The van der Waals surface area contributed by atoms with Gasteiger partial charge in [0.2, 0.25) is 29.5 Å². The van der Waals surface area contributed by atoms with Crippen molar-refractivity contribution in [2.24, 2.45) is 0 Å². The summed E-state index contributed by atoms with van der Waals surface area (Å²) in [6.07, 6.45) is 3.94. The molecule has 5 amide bonds. The number of hydrogen-bond donors (Lipinski definition) is 3. The number of carbonyl (C=O) groups is 6. The number of esters is 1. The molecule has 0 aliphatic carbocycles. The zero-order valence-electron chi connectivity index (χ0n) is 28.4. The predicted molar refractivity (Wildman–Crippen MR) is 175 cm³/mol. The number of aliphatic hydroxyl groups is 1. The maximum atomic E-state index is 12.6. The molecule has 17 nitrogen and oxygen atoms in total. The van der Waals surface area contributed by atoms with Crippen LogP contribution in [0, 0.1) is 15.6 Å². The number of nitrogens with one attached hydrogen (secondary N) is 2. The van der Waals surface area contributed by atoms with Crippen LogP contribution < -0.4 is 10.6 Å². The second kappa shape index (κ2) is 21.9. The summed E-state index contributed by atoms with van der Waals surface area (Å²) in [7, 11) is 3.35. The van der Waals surface area contributed by atoms with Crippen molar-refractivity contribution in [3.05, 3.63) is 38.9 Å². The number of piperazine rings is 1. The van der Waals surface area contributed by atoms with Gasteiger partial charge >= 0.3 is 5.97 Å². The molecule has 1 fully saturated rings. The number of nitrogens with zero attached hydrogens (tertiary/aromatic N) is 4. The Morgan fingerprint density at radius 1 is 0.792 bits per heavy atom. The maximum Gasteiger partial charge on any atom is 0.323 e. The molecule has 0 radical (unpaired) electrons. The summed E-state index contributed by atoms with van der Waals surface area (Å²) in [5, 5.41) is 50.6. The topological polar surface area (TPSA) is 238 Å². The van der Waals surface area contributed by atoms with Gasteiger partial charge in [-0.05, 0) is 72.9 Å². The van der Waals surface area contributed by atoms with Gasteiger partial charge in [-0.3, -0.25) is 33.7 Å². The zero-order chi connectivity index (χ0) is 36.4. The van der Waals surface area contributed by atoms with Crippen LogP contribution in [0.2, 0.25) is 0 Å². The van der Waals surface area contributed by atoms with E-state index in [0.29, 0.717) is 16.2 Å². The van der Waals surface area contributed by atoms with Crippen LogP contribution in [0.5, 0.6) is 0 Å². The van der Waals surface area contributed by atoms with Crippen LogP contribution in [0.25, 0.3) is 0 Å². The van der Waals surface area contributed by atoms with Gasteiger partial charge in [-0.15, -0.1) is 0 Å². The first kappa shape index (κ1) is 42.1. The minimum Gasteiger partial charge on any atom is -0.756 e. The van der Waals surface area contributed by atoms with E-state index in [1.165, 1.54) is 6.08 Å². The number of hydroxylamine groups is 6. The van der Waals surface area contributed by atoms with Gasteiger partial charge in [0.25, 0.3) is 0 Å². The maximum absolute atomic E-state index is 12.6. The van der Waals surface area contributed by atoms with Gasteiger partial charge in [0.05, 0.1) is 6.61 Å². The van der Waals surface area contributed by atoms with E-state index in [1.807, 2.05) is 0 Å². The number of likely N-dealkylation sites (N-methyl/N-ethyl adjacent to an activating group) is 1. The minimum atomic E-state index is -0.881. The molecule has 0 aromatic rings. The molecule has 272 valence electrons. The first-order valence-corrected chi connectivity index (χ1v) is 15.9. The highest BCUT2D eigenvalue weighted by atomic mass is 16.5. The van der Waals surface area contributed by atoms with Gasteiger partial charge < -0.3 is 51.3 Å². The molecule has 17 heteroatoms. The SMILES string of the molecule is CC(=O)N([O-])CCCC1NC(=O)C(CCCN([O-])C(=O)/C=C(/C)CCOC(=O)C(CCCN([O-])C(=O)/C=C(\C)CCO)N(C)C)NC1=O. The van der Waals surface area contributed by atoms with Crippen LogP contribution in [0.4, 0.5) is 0 Å². The third-order valence-corrected chi connectivity index (χ3v) is 7.54. The molecule has 0 bridgehead atoms. The fourth-order valence-corrected chi connectivity index (χ4v) is 4.65. The van der Waals surface area contributed by atoms with Gasteiger partial charge in [-0.1, -0.05) is 11.1 Å². The molecule has 0 aromatic carbocycles. The number of rotatable bonds is 21. The largest absolute Gasteiger partial charge is 0.756 e. The second-order valence-corrected chi connectivity index (χ2v) is 11.9. The summed E-state index contributed by atoms with van der Waals surface area (Å²) in [5.41, 5.74) is 1.08. The molecule has 0 aromatic heterocycles.